The lowest BCUT2D eigenvalue weighted by atomic mass is 10.1. The lowest BCUT2D eigenvalue weighted by Gasteiger charge is -2.10. The third-order valence-corrected chi connectivity index (χ3v) is 4.51. The Balaban J connectivity index is 1.80. The zero-order valence-electron chi connectivity index (χ0n) is 14.1. The van der Waals surface area contributed by atoms with Gasteiger partial charge in [0.05, 0.1) is 22.3 Å². The van der Waals surface area contributed by atoms with Gasteiger partial charge in [0, 0.05) is 18.7 Å². The number of fused-ring (bicyclic) bond motifs is 1. The van der Waals surface area contributed by atoms with Gasteiger partial charge in [-0.05, 0) is 38.0 Å². The molecule has 26 heavy (non-hydrogen) atoms. The van der Waals surface area contributed by atoms with E-state index in [1.165, 1.54) is 0 Å². The summed E-state index contributed by atoms with van der Waals surface area (Å²) in [6.07, 6.45) is 1.99. The fourth-order valence-electron chi connectivity index (χ4n) is 3.04. The number of rotatable bonds is 3. The largest absolute Gasteiger partial charge is 0.319 e. The van der Waals surface area contributed by atoms with Crippen molar-refractivity contribution in [2.24, 2.45) is 7.05 Å². The van der Waals surface area contributed by atoms with Crippen LogP contribution in [0.3, 0.4) is 0 Å². The van der Waals surface area contributed by atoms with Crippen LogP contribution in [0.25, 0.3) is 11.0 Å². The van der Waals surface area contributed by atoms with Crippen molar-refractivity contribution < 1.29 is 18.0 Å². The van der Waals surface area contributed by atoms with Gasteiger partial charge in [0.1, 0.15) is 0 Å². The molecule has 1 aliphatic carbocycles. The van der Waals surface area contributed by atoms with Gasteiger partial charge in [-0.2, -0.15) is 5.10 Å². The van der Waals surface area contributed by atoms with Crippen molar-refractivity contribution in [2.75, 3.05) is 5.32 Å². The van der Waals surface area contributed by atoms with Gasteiger partial charge in [0.2, 0.25) is 0 Å². The lowest BCUT2D eigenvalue weighted by Crippen LogP contribution is -2.15. The van der Waals surface area contributed by atoms with Gasteiger partial charge in [-0.15, -0.1) is 0 Å². The Morgan fingerprint density at radius 3 is 2.65 bits per heavy atom. The number of hydrogen-bond acceptors (Lipinski definition) is 3. The number of aryl methyl sites for hydroxylation is 2. The number of anilines is 1. The number of halogens is 3. The Morgan fingerprint density at radius 1 is 1.23 bits per heavy atom. The quantitative estimate of drug-likeness (QED) is 0.723. The number of nitrogens with zero attached hydrogens (tertiary/aromatic N) is 3. The highest BCUT2D eigenvalue weighted by Crippen LogP contribution is 2.40. The molecule has 1 N–H and O–H groups in total. The van der Waals surface area contributed by atoms with Gasteiger partial charge >= 0.3 is 0 Å². The number of benzene rings is 1. The maximum atomic E-state index is 13.9. The molecule has 1 aliphatic rings. The smallest absolute Gasteiger partial charge is 0.256 e. The van der Waals surface area contributed by atoms with Crippen LogP contribution in [-0.2, 0) is 7.05 Å². The number of pyridine rings is 1. The van der Waals surface area contributed by atoms with Gasteiger partial charge in [-0.3, -0.25) is 9.48 Å². The van der Waals surface area contributed by atoms with E-state index in [0.717, 1.165) is 30.7 Å². The summed E-state index contributed by atoms with van der Waals surface area (Å²) in [5, 5.41) is 7.17. The maximum absolute atomic E-state index is 13.9. The van der Waals surface area contributed by atoms with Crippen LogP contribution in [0.1, 0.15) is 40.5 Å². The van der Waals surface area contributed by atoms with Crippen molar-refractivity contribution in [1.82, 2.24) is 14.8 Å². The average molecular weight is 360 g/mol. The highest BCUT2D eigenvalue weighted by atomic mass is 19.2. The van der Waals surface area contributed by atoms with Crippen molar-refractivity contribution >= 4 is 22.6 Å². The number of nitrogens with one attached hydrogen (secondary N) is 1. The third kappa shape index (κ3) is 2.61. The summed E-state index contributed by atoms with van der Waals surface area (Å²) in [4.78, 5) is 17.4. The molecule has 0 saturated heterocycles. The second kappa shape index (κ2) is 5.82. The molecule has 0 atom stereocenters. The fraction of sp³-hybridized carbons (Fsp3) is 0.278. The molecule has 2 heterocycles. The second-order valence-corrected chi connectivity index (χ2v) is 6.45. The summed E-state index contributed by atoms with van der Waals surface area (Å²) in [5.74, 6) is -4.71. The molecule has 4 rings (SSSR count). The van der Waals surface area contributed by atoms with E-state index in [9.17, 15) is 18.0 Å². The van der Waals surface area contributed by atoms with Crippen LogP contribution in [0, 0.1) is 24.4 Å². The Morgan fingerprint density at radius 2 is 1.96 bits per heavy atom. The minimum absolute atomic E-state index is 0.284. The zero-order chi connectivity index (χ0) is 18.6. The third-order valence-electron chi connectivity index (χ3n) is 4.51. The summed E-state index contributed by atoms with van der Waals surface area (Å²) < 4.78 is 42.0. The Bertz CT molecular complexity index is 1060. The first-order valence-electron chi connectivity index (χ1n) is 8.16. The van der Waals surface area contributed by atoms with Crippen LogP contribution < -0.4 is 5.32 Å². The molecule has 0 spiro atoms. The van der Waals surface area contributed by atoms with Gasteiger partial charge in [-0.1, -0.05) is 0 Å². The molecule has 5 nitrogen and oxygen atoms in total. The number of amides is 1. The topological polar surface area (TPSA) is 59.8 Å². The second-order valence-electron chi connectivity index (χ2n) is 6.45. The molecule has 0 unspecified atom stereocenters. The first kappa shape index (κ1) is 16.6. The van der Waals surface area contributed by atoms with E-state index in [0.29, 0.717) is 22.6 Å². The molecule has 8 heteroatoms. The SMILES string of the molecule is Cc1nn(C)c2nc(C3CC3)cc(C(=O)Nc3ccc(F)c(F)c3F)c12. The van der Waals surface area contributed by atoms with E-state index in [1.54, 1.807) is 24.7 Å². The monoisotopic (exact) mass is 360 g/mol. The fourth-order valence-corrected chi connectivity index (χ4v) is 3.04. The predicted octanol–water partition coefficient (Wildman–Crippen LogP) is 3.82. The van der Waals surface area contributed by atoms with Crippen molar-refractivity contribution in [3.8, 4) is 0 Å². The summed E-state index contributed by atoms with van der Waals surface area (Å²) in [5.41, 5.74) is 1.80. The summed E-state index contributed by atoms with van der Waals surface area (Å²) in [6.45, 7) is 1.75. The summed E-state index contributed by atoms with van der Waals surface area (Å²) in [7, 11) is 1.73. The van der Waals surface area contributed by atoms with Crippen molar-refractivity contribution in [3.63, 3.8) is 0 Å². The van der Waals surface area contributed by atoms with E-state index in [4.69, 9.17) is 0 Å². The van der Waals surface area contributed by atoms with Crippen molar-refractivity contribution in [1.29, 1.82) is 0 Å². The predicted molar refractivity (Wildman–Crippen MR) is 89.5 cm³/mol. The van der Waals surface area contributed by atoms with Crippen LogP contribution in [0.2, 0.25) is 0 Å². The number of aromatic nitrogens is 3. The Hall–Kier alpha value is -2.90. The number of carbonyl (C=O) groups is 1. The average Bonchev–Trinajstić information content (AvgIpc) is 3.42. The molecular formula is C18H15F3N4O. The normalized spacial score (nSPS) is 14.0. The van der Waals surface area contributed by atoms with Gasteiger partial charge < -0.3 is 5.32 Å². The lowest BCUT2D eigenvalue weighted by molar-refractivity contribution is 0.102. The Labute approximate surface area is 146 Å². The van der Waals surface area contributed by atoms with Crippen LogP contribution >= 0.6 is 0 Å². The van der Waals surface area contributed by atoms with E-state index in [1.807, 2.05) is 0 Å². The minimum atomic E-state index is -1.63. The van der Waals surface area contributed by atoms with E-state index >= 15 is 0 Å². The van der Waals surface area contributed by atoms with Gasteiger partial charge in [-0.25, -0.2) is 18.2 Å². The van der Waals surface area contributed by atoms with Crippen molar-refractivity contribution in [3.05, 3.63) is 52.6 Å². The highest BCUT2D eigenvalue weighted by molar-refractivity contribution is 6.12. The Kier molecular flexibility index (Phi) is 3.71. The van der Waals surface area contributed by atoms with Crippen LogP contribution in [-0.4, -0.2) is 20.7 Å². The standard InChI is InChI=1S/C18H15F3N4O/c1-8-14-10(7-13(9-3-4-9)22-17(14)25(2)24-8)18(26)23-12-6-5-11(19)15(20)16(12)21/h5-7,9H,3-4H2,1-2H3,(H,23,26). The minimum Gasteiger partial charge on any atom is -0.319 e. The summed E-state index contributed by atoms with van der Waals surface area (Å²) in [6, 6.07) is 3.42. The first-order valence-corrected chi connectivity index (χ1v) is 8.16. The highest BCUT2D eigenvalue weighted by Gasteiger charge is 2.28. The molecule has 1 saturated carbocycles. The molecular weight excluding hydrogens is 345 g/mol. The van der Waals surface area contributed by atoms with Crippen LogP contribution in [0.4, 0.5) is 18.9 Å². The zero-order valence-corrected chi connectivity index (χ0v) is 14.1. The van der Waals surface area contributed by atoms with Crippen LogP contribution in [0.5, 0.6) is 0 Å². The molecule has 0 aliphatic heterocycles. The molecule has 1 aromatic carbocycles. The molecule has 2 aromatic heterocycles. The maximum Gasteiger partial charge on any atom is 0.256 e. The van der Waals surface area contributed by atoms with Gasteiger partial charge in [0.15, 0.2) is 23.1 Å². The number of hydrogen-bond donors (Lipinski definition) is 1. The van der Waals surface area contributed by atoms with E-state index in [-0.39, 0.29) is 5.56 Å². The van der Waals surface area contributed by atoms with E-state index < -0.39 is 29.0 Å². The summed E-state index contributed by atoms with van der Waals surface area (Å²) >= 11 is 0. The van der Waals surface area contributed by atoms with Gasteiger partial charge in [0.25, 0.3) is 5.91 Å². The molecule has 0 radical (unpaired) electrons. The molecule has 0 bridgehead atoms. The number of carbonyl (C=O) groups excluding carboxylic acids is 1. The van der Waals surface area contributed by atoms with Crippen molar-refractivity contribution in [2.45, 2.75) is 25.7 Å². The van der Waals surface area contributed by atoms with E-state index in [2.05, 4.69) is 15.4 Å². The molecule has 3 aromatic rings. The molecule has 134 valence electrons. The molecule has 1 fully saturated rings. The van der Waals surface area contributed by atoms with Crippen LogP contribution in [0.15, 0.2) is 18.2 Å². The molecule has 1 amide bonds. The first-order chi connectivity index (χ1) is 12.4.